The Morgan fingerprint density at radius 2 is 1.90 bits per heavy atom. The van der Waals surface area contributed by atoms with E-state index < -0.39 is 0 Å². The summed E-state index contributed by atoms with van der Waals surface area (Å²) in [4.78, 5) is 17.8. The van der Waals surface area contributed by atoms with Gasteiger partial charge in [-0.1, -0.05) is 58.0 Å². The molecule has 2 rings (SSSR count). The van der Waals surface area contributed by atoms with E-state index in [2.05, 4.69) is 50.1 Å². The van der Waals surface area contributed by atoms with Crippen LogP contribution in [0.5, 0.6) is 0 Å². The highest BCUT2D eigenvalue weighted by molar-refractivity contribution is 7.16. The van der Waals surface area contributed by atoms with Crippen molar-refractivity contribution in [2.24, 2.45) is 5.41 Å². The first-order valence-corrected chi connectivity index (χ1v) is 8.05. The van der Waals surface area contributed by atoms with E-state index in [0.29, 0.717) is 11.6 Å². The van der Waals surface area contributed by atoms with Crippen molar-refractivity contribution in [1.29, 1.82) is 0 Å². The quantitative estimate of drug-likeness (QED) is 0.885. The molecule has 0 aliphatic carbocycles. The molecule has 3 nitrogen and oxygen atoms in total. The van der Waals surface area contributed by atoms with Crippen LogP contribution in [0.1, 0.15) is 39.0 Å². The molecule has 0 spiro atoms. The van der Waals surface area contributed by atoms with Crippen molar-refractivity contribution < 1.29 is 4.79 Å². The molecule has 21 heavy (non-hydrogen) atoms. The molecule has 1 aromatic heterocycles. The Morgan fingerprint density at radius 1 is 1.24 bits per heavy atom. The normalized spacial score (nSPS) is 11.4. The van der Waals surface area contributed by atoms with Crippen molar-refractivity contribution in [3.63, 3.8) is 0 Å². The van der Waals surface area contributed by atoms with Crippen LogP contribution in [0.25, 0.3) is 11.3 Å². The molecule has 0 fully saturated rings. The lowest BCUT2D eigenvalue weighted by Gasteiger charge is -2.16. The summed E-state index contributed by atoms with van der Waals surface area (Å²) >= 11 is 1.57. The number of aromatic nitrogens is 1. The number of benzene rings is 1. The van der Waals surface area contributed by atoms with E-state index in [-0.39, 0.29) is 11.3 Å². The Labute approximate surface area is 130 Å². The summed E-state index contributed by atoms with van der Waals surface area (Å²) in [6.07, 6.45) is 1.41. The molecule has 0 saturated carbocycles. The number of nitrogens with one attached hydrogen (secondary N) is 1. The van der Waals surface area contributed by atoms with E-state index >= 15 is 0 Å². The first-order chi connectivity index (χ1) is 9.89. The molecule has 4 heteroatoms. The number of amides is 1. The summed E-state index contributed by atoms with van der Waals surface area (Å²) in [5.74, 6) is 0.0264. The second kappa shape index (κ2) is 6.39. The molecule has 112 valence electrons. The molecule has 0 atom stereocenters. The SMILES string of the molecule is CCc1sc(NC(=O)CC(C)(C)C)nc1-c1ccccc1. The van der Waals surface area contributed by atoms with Gasteiger partial charge >= 0.3 is 0 Å². The maximum Gasteiger partial charge on any atom is 0.226 e. The van der Waals surface area contributed by atoms with Crippen LogP contribution in [0.15, 0.2) is 30.3 Å². The molecule has 0 radical (unpaired) electrons. The standard InChI is InChI=1S/C17H22N2OS/c1-5-13-15(12-9-7-6-8-10-12)19-16(21-13)18-14(20)11-17(2,3)4/h6-10H,5,11H2,1-4H3,(H,18,19,20). The average Bonchev–Trinajstić information content (AvgIpc) is 2.80. The smallest absolute Gasteiger partial charge is 0.226 e. The van der Waals surface area contributed by atoms with Gasteiger partial charge in [0.15, 0.2) is 5.13 Å². The van der Waals surface area contributed by atoms with E-state index in [9.17, 15) is 4.79 Å². The molecule has 0 aliphatic heterocycles. The molecule has 0 unspecified atom stereocenters. The fourth-order valence-corrected chi connectivity index (χ4v) is 3.05. The summed E-state index contributed by atoms with van der Waals surface area (Å²) in [7, 11) is 0. The zero-order valence-electron chi connectivity index (χ0n) is 13.1. The summed E-state index contributed by atoms with van der Waals surface area (Å²) in [5.41, 5.74) is 2.06. The first kappa shape index (κ1) is 15.7. The van der Waals surface area contributed by atoms with E-state index in [1.807, 2.05) is 18.2 Å². The van der Waals surface area contributed by atoms with Crippen molar-refractivity contribution in [2.75, 3.05) is 5.32 Å². The van der Waals surface area contributed by atoms with Crippen LogP contribution >= 0.6 is 11.3 Å². The van der Waals surface area contributed by atoms with Gasteiger partial charge in [0.2, 0.25) is 5.91 Å². The Balaban J connectivity index is 2.20. The molecule has 0 saturated heterocycles. The van der Waals surface area contributed by atoms with Crippen LogP contribution in [0.4, 0.5) is 5.13 Å². The molecule has 1 N–H and O–H groups in total. The first-order valence-electron chi connectivity index (χ1n) is 7.24. The second-order valence-corrected chi connectivity index (χ2v) is 7.38. The summed E-state index contributed by atoms with van der Waals surface area (Å²) < 4.78 is 0. The van der Waals surface area contributed by atoms with Gasteiger partial charge in [0.1, 0.15) is 0 Å². The molecule has 1 amide bonds. The van der Waals surface area contributed by atoms with Crippen LogP contribution in [0.3, 0.4) is 0 Å². The third-order valence-electron chi connectivity index (χ3n) is 3.00. The molecular weight excluding hydrogens is 280 g/mol. The lowest BCUT2D eigenvalue weighted by Crippen LogP contribution is -2.19. The molecule has 0 aliphatic rings. The fourth-order valence-electron chi connectivity index (χ4n) is 2.11. The number of rotatable bonds is 4. The van der Waals surface area contributed by atoms with E-state index in [1.165, 1.54) is 4.88 Å². The van der Waals surface area contributed by atoms with Gasteiger partial charge in [0.25, 0.3) is 0 Å². The van der Waals surface area contributed by atoms with Crippen molar-refractivity contribution in [2.45, 2.75) is 40.5 Å². The zero-order valence-corrected chi connectivity index (χ0v) is 13.9. The van der Waals surface area contributed by atoms with Crippen LogP contribution in [-0.2, 0) is 11.2 Å². The average molecular weight is 302 g/mol. The Bertz CT molecular complexity index is 611. The van der Waals surface area contributed by atoms with Crippen LogP contribution in [0, 0.1) is 5.41 Å². The number of aryl methyl sites for hydroxylation is 1. The predicted molar refractivity (Wildman–Crippen MR) is 89.6 cm³/mol. The minimum absolute atomic E-state index is 0.0167. The van der Waals surface area contributed by atoms with Gasteiger partial charge in [0, 0.05) is 16.9 Å². The maximum atomic E-state index is 12.0. The highest BCUT2D eigenvalue weighted by atomic mass is 32.1. The monoisotopic (exact) mass is 302 g/mol. The van der Waals surface area contributed by atoms with Crippen molar-refractivity contribution >= 4 is 22.4 Å². The summed E-state index contributed by atoms with van der Waals surface area (Å²) in [6.45, 7) is 8.28. The van der Waals surface area contributed by atoms with Crippen molar-refractivity contribution in [1.82, 2.24) is 4.98 Å². The maximum absolute atomic E-state index is 12.0. The van der Waals surface area contributed by atoms with E-state index in [4.69, 9.17) is 0 Å². The van der Waals surface area contributed by atoms with Crippen molar-refractivity contribution in [3.8, 4) is 11.3 Å². The molecule has 1 heterocycles. The zero-order chi connectivity index (χ0) is 15.5. The number of anilines is 1. The number of hydrogen-bond acceptors (Lipinski definition) is 3. The van der Waals surface area contributed by atoms with E-state index in [1.54, 1.807) is 11.3 Å². The number of nitrogens with zero attached hydrogens (tertiary/aromatic N) is 1. The van der Waals surface area contributed by atoms with Crippen LogP contribution in [-0.4, -0.2) is 10.9 Å². The topological polar surface area (TPSA) is 42.0 Å². The van der Waals surface area contributed by atoms with Gasteiger partial charge in [-0.25, -0.2) is 4.98 Å². The third-order valence-corrected chi connectivity index (χ3v) is 4.12. The Hall–Kier alpha value is -1.68. The lowest BCUT2D eigenvalue weighted by atomic mass is 9.92. The largest absolute Gasteiger partial charge is 0.302 e. The van der Waals surface area contributed by atoms with Gasteiger partial charge in [-0.3, -0.25) is 4.79 Å². The highest BCUT2D eigenvalue weighted by Crippen LogP contribution is 2.32. The summed E-state index contributed by atoms with van der Waals surface area (Å²) in [5, 5.41) is 3.63. The third kappa shape index (κ3) is 4.39. The number of hydrogen-bond donors (Lipinski definition) is 1. The number of carbonyl (C=O) groups is 1. The van der Waals surface area contributed by atoms with Gasteiger partial charge in [-0.2, -0.15) is 0 Å². The molecule has 0 bridgehead atoms. The predicted octanol–water partition coefficient (Wildman–Crippen LogP) is 4.75. The van der Waals surface area contributed by atoms with E-state index in [0.717, 1.165) is 17.7 Å². The fraction of sp³-hybridized carbons (Fsp3) is 0.412. The van der Waals surface area contributed by atoms with Crippen LogP contribution < -0.4 is 5.32 Å². The van der Waals surface area contributed by atoms with Crippen molar-refractivity contribution in [3.05, 3.63) is 35.2 Å². The molecule has 2 aromatic rings. The summed E-state index contributed by atoms with van der Waals surface area (Å²) in [6, 6.07) is 10.1. The van der Waals surface area contributed by atoms with Gasteiger partial charge < -0.3 is 5.32 Å². The van der Waals surface area contributed by atoms with Gasteiger partial charge in [0.05, 0.1) is 5.69 Å². The van der Waals surface area contributed by atoms with Crippen LogP contribution in [0.2, 0.25) is 0 Å². The Kier molecular flexibility index (Phi) is 4.78. The van der Waals surface area contributed by atoms with Gasteiger partial charge in [-0.15, -0.1) is 11.3 Å². The molecular formula is C17H22N2OS. The Morgan fingerprint density at radius 3 is 2.48 bits per heavy atom. The second-order valence-electron chi connectivity index (χ2n) is 6.30. The molecule has 1 aromatic carbocycles. The highest BCUT2D eigenvalue weighted by Gasteiger charge is 2.18. The lowest BCUT2D eigenvalue weighted by molar-refractivity contribution is -0.117. The van der Waals surface area contributed by atoms with Gasteiger partial charge in [-0.05, 0) is 11.8 Å². The number of carbonyl (C=O) groups excluding carboxylic acids is 1. The minimum Gasteiger partial charge on any atom is -0.302 e. The number of thiazole rings is 1. The minimum atomic E-state index is -0.0167.